The van der Waals surface area contributed by atoms with E-state index in [2.05, 4.69) is 35.4 Å². The van der Waals surface area contributed by atoms with Gasteiger partial charge in [0.25, 0.3) is 0 Å². The number of nitrogens with one attached hydrogen (secondary N) is 1. The zero-order valence-corrected chi connectivity index (χ0v) is 13.8. The van der Waals surface area contributed by atoms with Crippen molar-refractivity contribution in [3.8, 4) is 0 Å². The molecule has 2 nitrogen and oxygen atoms in total. The number of benzene rings is 2. The summed E-state index contributed by atoms with van der Waals surface area (Å²) >= 11 is 13.7. The summed E-state index contributed by atoms with van der Waals surface area (Å²) in [6.45, 7) is 2.88. The van der Waals surface area contributed by atoms with E-state index in [0.717, 1.165) is 29.2 Å². The summed E-state index contributed by atoms with van der Waals surface area (Å²) in [7, 11) is 0. The Hall–Kier alpha value is -1.29. The van der Waals surface area contributed by atoms with Crippen LogP contribution in [0.4, 0.5) is 5.13 Å². The first-order valence-corrected chi connectivity index (χ1v) is 8.24. The molecule has 3 aromatic rings. The van der Waals surface area contributed by atoms with Gasteiger partial charge in [-0.1, -0.05) is 46.7 Å². The van der Waals surface area contributed by atoms with E-state index in [1.807, 2.05) is 12.1 Å². The van der Waals surface area contributed by atoms with Crippen molar-refractivity contribution in [1.82, 2.24) is 4.98 Å². The van der Waals surface area contributed by atoms with Gasteiger partial charge < -0.3 is 5.32 Å². The van der Waals surface area contributed by atoms with Gasteiger partial charge in [0.1, 0.15) is 0 Å². The summed E-state index contributed by atoms with van der Waals surface area (Å²) < 4.78 is 1.21. The van der Waals surface area contributed by atoms with Crippen LogP contribution in [0.15, 0.2) is 36.4 Å². The highest BCUT2D eigenvalue weighted by atomic mass is 35.5. The predicted octanol–water partition coefficient (Wildman–Crippen LogP) is 5.57. The minimum Gasteiger partial charge on any atom is -0.361 e. The zero-order chi connectivity index (χ0) is 14.8. The average Bonchev–Trinajstić information content (AvgIpc) is 2.83. The molecule has 0 fully saturated rings. The lowest BCUT2D eigenvalue weighted by molar-refractivity contribution is 1.02. The van der Waals surface area contributed by atoms with Gasteiger partial charge in [0.15, 0.2) is 5.13 Å². The highest BCUT2D eigenvalue weighted by molar-refractivity contribution is 7.22. The topological polar surface area (TPSA) is 24.9 Å². The van der Waals surface area contributed by atoms with Crippen molar-refractivity contribution in [3.05, 3.63) is 57.6 Å². The van der Waals surface area contributed by atoms with Crippen molar-refractivity contribution >= 4 is 49.9 Å². The van der Waals surface area contributed by atoms with E-state index in [4.69, 9.17) is 23.2 Å². The molecule has 0 bridgehead atoms. The van der Waals surface area contributed by atoms with Gasteiger partial charge in [-0.05, 0) is 48.7 Å². The van der Waals surface area contributed by atoms with E-state index in [-0.39, 0.29) is 0 Å². The van der Waals surface area contributed by atoms with E-state index >= 15 is 0 Å². The van der Waals surface area contributed by atoms with Crippen LogP contribution in [0.1, 0.15) is 11.1 Å². The summed E-state index contributed by atoms with van der Waals surface area (Å²) in [6.07, 6.45) is 0.838. The summed E-state index contributed by atoms with van der Waals surface area (Å²) in [6, 6.07) is 11.9. The third-order valence-electron chi connectivity index (χ3n) is 3.23. The molecular formula is C16H14Cl2N2S. The molecule has 1 N–H and O–H groups in total. The van der Waals surface area contributed by atoms with Gasteiger partial charge in [0.2, 0.25) is 0 Å². The van der Waals surface area contributed by atoms with Crippen LogP contribution in [0.3, 0.4) is 0 Å². The van der Waals surface area contributed by atoms with Crippen molar-refractivity contribution < 1.29 is 0 Å². The number of aromatic nitrogens is 1. The van der Waals surface area contributed by atoms with Crippen LogP contribution in [0.2, 0.25) is 10.0 Å². The highest BCUT2D eigenvalue weighted by Gasteiger charge is 2.05. The molecule has 0 aliphatic carbocycles. The van der Waals surface area contributed by atoms with Crippen molar-refractivity contribution in [1.29, 1.82) is 0 Å². The van der Waals surface area contributed by atoms with E-state index in [1.54, 1.807) is 17.4 Å². The van der Waals surface area contributed by atoms with Gasteiger partial charge >= 0.3 is 0 Å². The molecule has 0 radical (unpaired) electrons. The molecular weight excluding hydrogens is 323 g/mol. The zero-order valence-electron chi connectivity index (χ0n) is 11.5. The number of rotatable bonds is 4. The molecule has 1 aromatic heterocycles. The maximum atomic E-state index is 6.17. The fraction of sp³-hybridized carbons (Fsp3) is 0.188. The Morgan fingerprint density at radius 1 is 1.14 bits per heavy atom. The standard InChI is InChI=1S/C16H14Cl2N2S/c1-10-2-5-14-15(8-10)21-16(20-14)19-7-6-11-3-4-12(17)9-13(11)18/h2-5,8-9H,6-7H2,1H3,(H,19,20). The summed E-state index contributed by atoms with van der Waals surface area (Å²) in [5.41, 5.74) is 3.38. The predicted molar refractivity (Wildman–Crippen MR) is 93.0 cm³/mol. The Morgan fingerprint density at radius 3 is 2.81 bits per heavy atom. The number of hydrogen-bond donors (Lipinski definition) is 1. The maximum absolute atomic E-state index is 6.17. The number of fused-ring (bicyclic) bond motifs is 1. The van der Waals surface area contributed by atoms with Crippen molar-refractivity contribution in [2.24, 2.45) is 0 Å². The number of thiazole rings is 1. The van der Waals surface area contributed by atoms with E-state index in [9.17, 15) is 0 Å². The number of aryl methyl sites for hydroxylation is 1. The van der Waals surface area contributed by atoms with Gasteiger partial charge in [-0.2, -0.15) is 0 Å². The van der Waals surface area contributed by atoms with Crippen molar-refractivity contribution in [2.75, 3.05) is 11.9 Å². The molecule has 0 atom stereocenters. The number of anilines is 1. The van der Waals surface area contributed by atoms with Crippen LogP contribution in [0, 0.1) is 6.92 Å². The van der Waals surface area contributed by atoms with Crippen molar-refractivity contribution in [3.63, 3.8) is 0 Å². The minimum absolute atomic E-state index is 0.665. The van der Waals surface area contributed by atoms with Crippen LogP contribution in [-0.2, 0) is 6.42 Å². The first-order valence-electron chi connectivity index (χ1n) is 6.67. The summed E-state index contributed by atoms with van der Waals surface area (Å²) in [4.78, 5) is 4.57. The average molecular weight is 337 g/mol. The van der Waals surface area contributed by atoms with E-state index in [1.165, 1.54) is 10.3 Å². The molecule has 21 heavy (non-hydrogen) atoms. The lowest BCUT2D eigenvalue weighted by Crippen LogP contribution is -2.04. The second kappa shape index (κ2) is 6.22. The molecule has 2 aromatic carbocycles. The lowest BCUT2D eigenvalue weighted by atomic mass is 10.1. The lowest BCUT2D eigenvalue weighted by Gasteiger charge is -2.05. The second-order valence-electron chi connectivity index (χ2n) is 4.90. The molecule has 0 spiro atoms. The van der Waals surface area contributed by atoms with Gasteiger partial charge in [0.05, 0.1) is 10.2 Å². The van der Waals surface area contributed by atoms with Gasteiger partial charge in [-0.25, -0.2) is 4.98 Å². The van der Waals surface area contributed by atoms with E-state index < -0.39 is 0 Å². The van der Waals surface area contributed by atoms with Crippen LogP contribution >= 0.6 is 34.5 Å². The molecule has 0 saturated heterocycles. The fourth-order valence-electron chi connectivity index (χ4n) is 2.14. The normalized spacial score (nSPS) is 11.0. The summed E-state index contributed by atoms with van der Waals surface area (Å²) in [5, 5.41) is 5.68. The smallest absolute Gasteiger partial charge is 0.183 e. The fourth-order valence-corrected chi connectivity index (χ4v) is 3.63. The molecule has 5 heteroatoms. The first-order chi connectivity index (χ1) is 10.1. The Balaban J connectivity index is 1.66. The molecule has 0 saturated carbocycles. The number of halogens is 2. The van der Waals surface area contributed by atoms with Crippen LogP contribution in [-0.4, -0.2) is 11.5 Å². The molecule has 1 heterocycles. The Morgan fingerprint density at radius 2 is 2.00 bits per heavy atom. The van der Waals surface area contributed by atoms with Crippen LogP contribution in [0.25, 0.3) is 10.2 Å². The van der Waals surface area contributed by atoms with E-state index in [0.29, 0.717) is 10.0 Å². The van der Waals surface area contributed by atoms with Crippen LogP contribution in [0.5, 0.6) is 0 Å². The second-order valence-corrected chi connectivity index (χ2v) is 6.78. The van der Waals surface area contributed by atoms with Crippen molar-refractivity contribution in [2.45, 2.75) is 13.3 Å². The molecule has 0 aliphatic heterocycles. The van der Waals surface area contributed by atoms with Gasteiger partial charge in [0, 0.05) is 16.6 Å². The monoisotopic (exact) mass is 336 g/mol. The maximum Gasteiger partial charge on any atom is 0.183 e. The van der Waals surface area contributed by atoms with Gasteiger partial charge in [-0.15, -0.1) is 0 Å². The third-order valence-corrected chi connectivity index (χ3v) is 4.79. The summed E-state index contributed by atoms with van der Waals surface area (Å²) in [5.74, 6) is 0. The number of hydrogen-bond acceptors (Lipinski definition) is 3. The van der Waals surface area contributed by atoms with Gasteiger partial charge in [-0.3, -0.25) is 0 Å². The Labute approximate surface area is 137 Å². The molecule has 0 amide bonds. The largest absolute Gasteiger partial charge is 0.361 e. The molecule has 0 aliphatic rings. The Bertz CT molecular complexity index is 783. The minimum atomic E-state index is 0.665. The van der Waals surface area contributed by atoms with Crippen LogP contribution < -0.4 is 5.32 Å². The third kappa shape index (κ3) is 3.49. The first kappa shape index (κ1) is 14.6. The number of nitrogens with zero attached hydrogens (tertiary/aromatic N) is 1. The highest BCUT2D eigenvalue weighted by Crippen LogP contribution is 2.27. The molecule has 0 unspecified atom stereocenters. The molecule has 108 valence electrons. The Kier molecular flexibility index (Phi) is 4.34. The molecule has 3 rings (SSSR count). The quantitative estimate of drug-likeness (QED) is 0.673. The SMILES string of the molecule is Cc1ccc2nc(NCCc3ccc(Cl)cc3Cl)sc2c1.